The van der Waals surface area contributed by atoms with Gasteiger partial charge in [-0.2, -0.15) is 4.31 Å². The van der Waals surface area contributed by atoms with Crippen molar-refractivity contribution in [3.8, 4) is 5.75 Å². The summed E-state index contributed by atoms with van der Waals surface area (Å²) in [5, 5.41) is 0. The zero-order chi connectivity index (χ0) is 17.9. The largest absolute Gasteiger partial charge is 0.490 e. The summed E-state index contributed by atoms with van der Waals surface area (Å²) in [6, 6.07) is 10.9. The number of benzene rings is 2. The van der Waals surface area contributed by atoms with Gasteiger partial charge in [-0.3, -0.25) is 0 Å². The lowest BCUT2D eigenvalue weighted by Crippen LogP contribution is -2.41. The normalized spacial score (nSPS) is 18.9. The van der Waals surface area contributed by atoms with Crippen LogP contribution in [-0.4, -0.2) is 32.4 Å². The molecule has 1 fully saturated rings. The summed E-state index contributed by atoms with van der Waals surface area (Å²) in [5.41, 5.74) is 0. The fraction of sp³-hybridized carbons (Fsp3) is 0.333. The molecule has 1 aliphatic heterocycles. The second-order valence-electron chi connectivity index (χ2n) is 6.07. The fourth-order valence-electron chi connectivity index (χ4n) is 2.91. The van der Waals surface area contributed by atoms with Crippen LogP contribution in [-0.2, 0) is 10.0 Å². The first-order valence-corrected chi connectivity index (χ1v) is 9.54. The Morgan fingerprint density at radius 1 is 1.08 bits per heavy atom. The minimum atomic E-state index is -3.67. The summed E-state index contributed by atoms with van der Waals surface area (Å²) in [5.74, 6) is -0.771. The maximum atomic E-state index is 13.6. The van der Waals surface area contributed by atoms with Crippen molar-refractivity contribution in [2.24, 2.45) is 5.92 Å². The first kappa shape index (κ1) is 17.8. The second-order valence-corrected chi connectivity index (χ2v) is 8.00. The Hall–Kier alpha value is -1.99. The zero-order valence-electron chi connectivity index (χ0n) is 13.6. The number of hydrogen-bond acceptors (Lipinski definition) is 3. The summed E-state index contributed by atoms with van der Waals surface area (Å²) in [6.07, 6.45) is 1.51. The van der Waals surface area contributed by atoms with Crippen molar-refractivity contribution in [3.63, 3.8) is 0 Å². The lowest BCUT2D eigenvalue weighted by atomic mass is 10.0. The molecule has 134 valence electrons. The number of sulfonamides is 1. The van der Waals surface area contributed by atoms with Gasteiger partial charge < -0.3 is 4.74 Å². The third-order valence-corrected chi connectivity index (χ3v) is 6.12. The molecule has 2 aromatic carbocycles. The number of para-hydroxylation sites is 1. The highest BCUT2D eigenvalue weighted by Gasteiger charge is 2.30. The predicted molar refractivity (Wildman–Crippen MR) is 89.8 cm³/mol. The third-order valence-electron chi connectivity index (χ3n) is 4.24. The Morgan fingerprint density at radius 3 is 2.52 bits per heavy atom. The summed E-state index contributed by atoms with van der Waals surface area (Å²) in [4.78, 5) is 0.0737. The molecular formula is C18H19F2NO3S. The van der Waals surface area contributed by atoms with Crippen molar-refractivity contribution < 1.29 is 21.9 Å². The Kier molecular flexibility index (Phi) is 5.34. The molecule has 25 heavy (non-hydrogen) atoms. The molecule has 7 heteroatoms. The van der Waals surface area contributed by atoms with Gasteiger partial charge in [-0.15, -0.1) is 0 Å². The number of rotatable bonds is 5. The number of halogens is 2. The summed E-state index contributed by atoms with van der Waals surface area (Å²) in [6.45, 7) is 0.959. The van der Waals surface area contributed by atoms with Crippen LogP contribution in [0.25, 0.3) is 0 Å². The molecule has 1 heterocycles. The number of nitrogens with zero attached hydrogens (tertiary/aromatic N) is 1. The lowest BCUT2D eigenvalue weighted by molar-refractivity contribution is 0.176. The number of piperidine rings is 1. The molecule has 0 aliphatic carbocycles. The quantitative estimate of drug-likeness (QED) is 0.813. The van der Waals surface area contributed by atoms with Gasteiger partial charge >= 0.3 is 0 Å². The van der Waals surface area contributed by atoms with E-state index in [-0.39, 0.29) is 23.2 Å². The molecule has 1 atom stereocenters. The molecule has 0 aromatic heterocycles. The summed E-state index contributed by atoms with van der Waals surface area (Å²) in [7, 11) is -3.67. The SMILES string of the molecule is O=S(=O)(c1ccc(F)cc1)N1CCCC(COc2ccccc2F)C1. The highest BCUT2D eigenvalue weighted by Crippen LogP contribution is 2.25. The van der Waals surface area contributed by atoms with E-state index >= 15 is 0 Å². The van der Waals surface area contributed by atoms with E-state index in [4.69, 9.17) is 4.74 Å². The van der Waals surface area contributed by atoms with E-state index in [1.54, 1.807) is 18.2 Å². The van der Waals surface area contributed by atoms with Crippen LogP contribution in [0.3, 0.4) is 0 Å². The molecule has 1 saturated heterocycles. The molecule has 1 aliphatic rings. The maximum Gasteiger partial charge on any atom is 0.243 e. The van der Waals surface area contributed by atoms with Gasteiger partial charge in [0.2, 0.25) is 10.0 Å². The van der Waals surface area contributed by atoms with Crippen LogP contribution in [0, 0.1) is 17.6 Å². The molecule has 0 amide bonds. The van der Waals surface area contributed by atoms with Crippen LogP contribution in [0.4, 0.5) is 8.78 Å². The van der Waals surface area contributed by atoms with Crippen LogP contribution < -0.4 is 4.74 Å². The number of ether oxygens (including phenoxy) is 1. The van der Waals surface area contributed by atoms with Crippen LogP contribution in [0.1, 0.15) is 12.8 Å². The van der Waals surface area contributed by atoms with Crippen molar-refractivity contribution >= 4 is 10.0 Å². The van der Waals surface area contributed by atoms with Crippen molar-refractivity contribution in [2.75, 3.05) is 19.7 Å². The van der Waals surface area contributed by atoms with Gasteiger partial charge in [0, 0.05) is 19.0 Å². The molecule has 0 radical (unpaired) electrons. The van der Waals surface area contributed by atoms with E-state index in [1.807, 2.05) is 0 Å². The molecule has 0 spiro atoms. The smallest absolute Gasteiger partial charge is 0.243 e. The van der Waals surface area contributed by atoms with Crippen LogP contribution in [0.2, 0.25) is 0 Å². The summed E-state index contributed by atoms with van der Waals surface area (Å²) >= 11 is 0. The molecule has 4 nitrogen and oxygen atoms in total. The van der Waals surface area contributed by atoms with Gasteiger partial charge in [0.15, 0.2) is 11.6 Å². The van der Waals surface area contributed by atoms with Crippen LogP contribution in [0.5, 0.6) is 5.75 Å². The van der Waals surface area contributed by atoms with Crippen LogP contribution >= 0.6 is 0 Å². The molecule has 0 saturated carbocycles. The molecule has 0 N–H and O–H groups in total. The van der Waals surface area contributed by atoms with Gasteiger partial charge in [0.05, 0.1) is 11.5 Å². The third kappa shape index (κ3) is 4.16. The summed E-state index contributed by atoms with van der Waals surface area (Å²) < 4.78 is 58.9. The van der Waals surface area contributed by atoms with Gasteiger partial charge in [-0.05, 0) is 49.2 Å². The van der Waals surface area contributed by atoms with Crippen molar-refractivity contribution in [3.05, 3.63) is 60.2 Å². The second kappa shape index (κ2) is 7.49. The van der Waals surface area contributed by atoms with Gasteiger partial charge in [-0.25, -0.2) is 17.2 Å². The highest BCUT2D eigenvalue weighted by molar-refractivity contribution is 7.89. The molecule has 2 aromatic rings. The Balaban J connectivity index is 1.66. The highest BCUT2D eigenvalue weighted by atomic mass is 32.2. The lowest BCUT2D eigenvalue weighted by Gasteiger charge is -2.31. The van der Waals surface area contributed by atoms with Gasteiger partial charge in [0.1, 0.15) is 5.82 Å². The first-order chi connectivity index (χ1) is 12.0. The minimum absolute atomic E-state index is 0.0245. The Morgan fingerprint density at radius 2 is 1.80 bits per heavy atom. The standard InChI is InChI=1S/C18H19F2NO3S/c19-15-7-9-16(10-8-15)25(22,23)21-11-3-4-14(12-21)13-24-18-6-2-1-5-17(18)20/h1-2,5-10,14H,3-4,11-13H2. The van der Waals surface area contributed by atoms with E-state index in [9.17, 15) is 17.2 Å². The average Bonchev–Trinajstić information content (AvgIpc) is 2.62. The van der Waals surface area contributed by atoms with Gasteiger partial charge in [-0.1, -0.05) is 12.1 Å². The van der Waals surface area contributed by atoms with E-state index in [2.05, 4.69) is 0 Å². The maximum absolute atomic E-state index is 13.6. The Bertz CT molecular complexity index is 824. The molecular weight excluding hydrogens is 348 g/mol. The molecule has 0 bridgehead atoms. The van der Waals surface area contributed by atoms with Crippen molar-refractivity contribution in [1.82, 2.24) is 4.31 Å². The monoisotopic (exact) mass is 367 g/mol. The van der Waals surface area contributed by atoms with E-state index in [0.717, 1.165) is 18.6 Å². The molecule has 1 unspecified atom stereocenters. The van der Waals surface area contributed by atoms with Crippen molar-refractivity contribution in [1.29, 1.82) is 0 Å². The average molecular weight is 367 g/mol. The van der Waals surface area contributed by atoms with E-state index in [0.29, 0.717) is 19.5 Å². The zero-order valence-corrected chi connectivity index (χ0v) is 14.4. The first-order valence-electron chi connectivity index (χ1n) is 8.10. The Labute approximate surface area is 146 Å². The van der Waals surface area contributed by atoms with Crippen LogP contribution in [0.15, 0.2) is 53.4 Å². The fourth-order valence-corrected chi connectivity index (χ4v) is 4.46. The van der Waals surface area contributed by atoms with E-state index < -0.39 is 21.7 Å². The topological polar surface area (TPSA) is 46.6 Å². The van der Waals surface area contributed by atoms with Crippen molar-refractivity contribution in [2.45, 2.75) is 17.7 Å². The number of hydrogen-bond donors (Lipinski definition) is 0. The molecule has 3 rings (SSSR count). The van der Waals surface area contributed by atoms with Gasteiger partial charge in [0.25, 0.3) is 0 Å². The predicted octanol–water partition coefficient (Wildman–Crippen LogP) is 3.44. The van der Waals surface area contributed by atoms with E-state index in [1.165, 1.54) is 22.5 Å². The minimum Gasteiger partial charge on any atom is -0.490 e.